The first kappa shape index (κ1) is 24.3. The molecule has 35 heavy (non-hydrogen) atoms. The number of anilines is 2. The fourth-order valence-corrected chi connectivity index (χ4v) is 3.97. The van der Waals surface area contributed by atoms with Crippen molar-refractivity contribution in [3.63, 3.8) is 0 Å². The van der Waals surface area contributed by atoms with Crippen LogP contribution in [0.4, 0.5) is 11.9 Å². The number of nitrogens with zero attached hydrogens (tertiary/aromatic N) is 3. The van der Waals surface area contributed by atoms with Gasteiger partial charge in [0.2, 0.25) is 5.95 Å². The maximum Gasteiger partial charge on any atom is 0.261 e. The Hall–Kier alpha value is -3.81. The van der Waals surface area contributed by atoms with E-state index in [1.54, 1.807) is 22.9 Å². The number of carbonyl (C=O) groups excluding carboxylic acids is 1. The number of methoxy groups -OCH3 is 1. The summed E-state index contributed by atoms with van der Waals surface area (Å²) in [4.78, 5) is 17.4. The number of fused-ring (bicyclic) bond motifs is 1. The van der Waals surface area contributed by atoms with Crippen molar-refractivity contribution in [3.8, 4) is 5.75 Å². The van der Waals surface area contributed by atoms with Crippen molar-refractivity contribution in [2.75, 3.05) is 17.7 Å². The van der Waals surface area contributed by atoms with E-state index in [1.165, 1.54) is 12.7 Å². The molecule has 1 atom stereocenters. The monoisotopic (exact) mass is 507 g/mol. The van der Waals surface area contributed by atoms with Crippen molar-refractivity contribution in [2.45, 2.75) is 13.0 Å². The first-order chi connectivity index (χ1) is 16.5. The SMILES string of the molecule is COc1ccccc1C(=O)Nc1nc2n(n1)C(c1ccc(C)cc1)C=C(c1ccc(Cl)cc1)N2.Cl. The zero-order valence-corrected chi connectivity index (χ0v) is 20.6. The molecule has 0 spiro atoms. The van der Waals surface area contributed by atoms with E-state index in [-0.39, 0.29) is 30.3 Å². The Morgan fingerprint density at radius 3 is 2.49 bits per heavy atom. The summed E-state index contributed by atoms with van der Waals surface area (Å²) in [5.74, 6) is 0.846. The summed E-state index contributed by atoms with van der Waals surface area (Å²) in [6.07, 6.45) is 2.08. The smallest absolute Gasteiger partial charge is 0.261 e. The third-order valence-corrected chi connectivity index (χ3v) is 5.87. The Balaban J connectivity index is 0.00000289. The Morgan fingerprint density at radius 1 is 1.06 bits per heavy atom. The van der Waals surface area contributed by atoms with Gasteiger partial charge in [0.05, 0.1) is 12.7 Å². The summed E-state index contributed by atoms with van der Waals surface area (Å²) in [6.45, 7) is 2.05. The molecule has 0 bridgehead atoms. The summed E-state index contributed by atoms with van der Waals surface area (Å²) >= 11 is 6.08. The van der Waals surface area contributed by atoms with Crippen molar-refractivity contribution in [1.82, 2.24) is 14.8 Å². The summed E-state index contributed by atoms with van der Waals surface area (Å²) in [5, 5.41) is 11.4. The van der Waals surface area contributed by atoms with Crippen LogP contribution in [0.15, 0.2) is 78.9 Å². The molecule has 0 fully saturated rings. The number of aryl methyl sites for hydroxylation is 1. The molecule has 9 heteroatoms. The number of halogens is 2. The van der Waals surface area contributed by atoms with Crippen LogP contribution in [-0.2, 0) is 0 Å². The second-order valence-electron chi connectivity index (χ2n) is 7.93. The third kappa shape index (κ3) is 5.01. The molecule has 0 saturated heterocycles. The van der Waals surface area contributed by atoms with E-state index in [0.29, 0.717) is 22.3 Å². The van der Waals surface area contributed by atoms with Crippen molar-refractivity contribution in [1.29, 1.82) is 0 Å². The molecule has 1 aliphatic rings. The number of rotatable bonds is 5. The van der Waals surface area contributed by atoms with E-state index >= 15 is 0 Å². The lowest BCUT2D eigenvalue weighted by Gasteiger charge is -2.24. The molecule has 1 amide bonds. The molecule has 0 radical (unpaired) electrons. The maximum atomic E-state index is 12.9. The van der Waals surface area contributed by atoms with Crippen molar-refractivity contribution >= 4 is 47.5 Å². The zero-order chi connectivity index (χ0) is 23.7. The van der Waals surface area contributed by atoms with Crippen LogP contribution < -0.4 is 15.4 Å². The predicted octanol–water partition coefficient (Wildman–Crippen LogP) is 5.98. The number of allylic oxidation sites excluding steroid dienone is 1. The first-order valence-corrected chi connectivity index (χ1v) is 11.1. The second-order valence-corrected chi connectivity index (χ2v) is 8.36. The Kier molecular flexibility index (Phi) is 7.10. The number of nitrogens with one attached hydrogen (secondary N) is 2. The summed E-state index contributed by atoms with van der Waals surface area (Å²) in [5.41, 5.74) is 4.47. The van der Waals surface area contributed by atoms with Crippen LogP contribution in [-0.4, -0.2) is 27.8 Å². The fourth-order valence-electron chi connectivity index (χ4n) is 3.85. The van der Waals surface area contributed by atoms with Crippen molar-refractivity contribution in [2.24, 2.45) is 0 Å². The van der Waals surface area contributed by atoms with Gasteiger partial charge in [0.1, 0.15) is 11.8 Å². The van der Waals surface area contributed by atoms with Crippen molar-refractivity contribution in [3.05, 3.63) is 106 Å². The average Bonchev–Trinajstić information content (AvgIpc) is 3.26. The number of ether oxygens (including phenoxy) is 1. The van der Waals surface area contributed by atoms with Crippen molar-refractivity contribution < 1.29 is 9.53 Å². The maximum absolute atomic E-state index is 12.9. The van der Waals surface area contributed by atoms with E-state index in [1.807, 2.05) is 37.3 Å². The molecule has 2 N–H and O–H groups in total. The zero-order valence-electron chi connectivity index (χ0n) is 19.0. The van der Waals surface area contributed by atoms with Gasteiger partial charge in [-0.3, -0.25) is 10.1 Å². The molecule has 4 aromatic rings. The highest BCUT2D eigenvalue weighted by Crippen LogP contribution is 2.33. The topological polar surface area (TPSA) is 81.1 Å². The highest BCUT2D eigenvalue weighted by atomic mass is 35.5. The summed E-state index contributed by atoms with van der Waals surface area (Å²) < 4.78 is 7.07. The molecule has 1 unspecified atom stereocenters. The van der Waals surface area contributed by atoms with Crippen LogP contribution in [0.5, 0.6) is 5.75 Å². The van der Waals surface area contributed by atoms with Gasteiger partial charge < -0.3 is 10.1 Å². The van der Waals surface area contributed by atoms with E-state index in [9.17, 15) is 4.79 Å². The Morgan fingerprint density at radius 2 is 1.77 bits per heavy atom. The van der Waals surface area contributed by atoms with Crippen LogP contribution in [0.3, 0.4) is 0 Å². The normalized spacial score (nSPS) is 14.1. The minimum atomic E-state index is -0.349. The quantitative estimate of drug-likeness (QED) is 0.347. The lowest BCUT2D eigenvalue weighted by atomic mass is 10.0. The van der Waals surface area contributed by atoms with Gasteiger partial charge in [-0.05, 0) is 48.4 Å². The van der Waals surface area contributed by atoms with Crippen LogP contribution in [0.2, 0.25) is 5.02 Å². The molecule has 1 aliphatic heterocycles. The minimum absolute atomic E-state index is 0. The lowest BCUT2D eigenvalue weighted by Crippen LogP contribution is -2.20. The van der Waals surface area contributed by atoms with Crippen LogP contribution in [0.25, 0.3) is 5.70 Å². The molecule has 0 saturated carbocycles. The van der Waals surface area contributed by atoms with E-state index in [2.05, 4.69) is 51.1 Å². The minimum Gasteiger partial charge on any atom is -0.496 e. The highest BCUT2D eigenvalue weighted by molar-refractivity contribution is 6.30. The van der Waals surface area contributed by atoms with Gasteiger partial charge in [-0.2, -0.15) is 4.98 Å². The third-order valence-electron chi connectivity index (χ3n) is 5.62. The molecule has 3 aromatic carbocycles. The Labute approximate surface area is 214 Å². The predicted molar refractivity (Wildman–Crippen MR) is 141 cm³/mol. The number of hydrogen-bond donors (Lipinski definition) is 2. The molecule has 0 aliphatic carbocycles. The largest absolute Gasteiger partial charge is 0.496 e. The standard InChI is InChI=1S/C26H22ClN5O2.ClH/c1-16-7-9-18(10-8-16)22-15-21(17-11-13-19(27)14-12-17)28-26-30-25(31-32(22)26)29-24(33)20-5-3-4-6-23(20)34-2;/h3-15,22H,1-2H3,(H2,28,29,30,31,33);1H. The number of aromatic nitrogens is 3. The van der Waals surface area contributed by atoms with Crippen LogP contribution >= 0.6 is 24.0 Å². The Bertz CT molecular complexity index is 1380. The van der Waals surface area contributed by atoms with Gasteiger partial charge in [-0.15, -0.1) is 17.5 Å². The molecule has 178 valence electrons. The number of hydrogen-bond acceptors (Lipinski definition) is 5. The fraction of sp³-hybridized carbons (Fsp3) is 0.115. The lowest BCUT2D eigenvalue weighted by molar-refractivity contribution is 0.102. The van der Waals surface area contributed by atoms with Gasteiger partial charge >= 0.3 is 0 Å². The van der Waals surface area contributed by atoms with Gasteiger partial charge in [-0.25, -0.2) is 4.68 Å². The number of amides is 1. The van der Waals surface area contributed by atoms with Gasteiger partial charge in [-0.1, -0.05) is 65.7 Å². The molecule has 1 aromatic heterocycles. The molecule has 7 nitrogen and oxygen atoms in total. The van der Waals surface area contributed by atoms with Gasteiger partial charge in [0.25, 0.3) is 11.9 Å². The molecular weight excluding hydrogens is 485 g/mol. The van der Waals surface area contributed by atoms with Gasteiger partial charge in [0.15, 0.2) is 0 Å². The highest BCUT2D eigenvalue weighted by Gasteiger charge is 2.26. The van der Waals surface area contributed by atoms with Crippen LogP contribution in [0, 0.1) is 6.92 Å². The van der Waals surface area contributed by atoms with E-state index < -0.39 is 0 Å². The second kappa shape index (κ2) is 10.2. The van der Waals surface area contributed by atoms with E-state index in [0.717, 1.165) is 16.8 Å². The molecule has 5 rings (SSSR count). The molecular formula is C26H23Cl2N5O2. The van der Waals surface area contributed by atoms with Gasteiger partial charge in [0, 0.05) is 10.7 Å². The summed E-state index contributed by atoms with van der Waals surface area (Å²) in [6, 6.07) is 22.7. The number of benzene rings is 3. The average molecular weight is 508 g/mol. The van der Waals surface area contributed by atoms with E-state index in [4.69, 9.17) is 16.3 Å². The summed E-state index contributed by atoms with van der Waals surface area (Å²) in [7, 11) is 1.53. The number of para-hydroxylation sites is 1. The number of carbonyl (C=O) groups is 1. The molecule has 2 heterocycles. The first-order valence-electron chi connectivity index (χ1n) is 10.7. The van der Waals surface area contributed by atoms with Crippen LogP contribution in [0.1, 0.15) is 33.1 Å².